The van der Waals surface area contributed by atoms with Crippen LogP contribution in [0.3, 0.4) is 0 Å². The first-order valence-electron chi connectivity index (χ1n) is 9.30. The Bertz CT molecular complexity index is 863. The highest BCUT2D eigenvalue weighted by molar-refractivity contribution is 5.73. The van der Waals surface area contributed by atoms with Crippen molar-refractivity contribution in [3.63, 3.8) is 0 Å². The van der Waals surface area contributed by atoms with E-state index in [1.165, 1.54) is 22.5 Å². The van der Waals surface area contributed by atoms with Crippen molar-refractivity contribution in [2.45, 2.75) is 19.5 Å². The zero-order chi connectivity index (χ0) is 17.8. The summed E-state index contributed by atoms with van der Waals surface area (Å²) in [6, 6.07) is 32.2. The topological polar surface area (TPSA) is 6.48 Å². The van der Waals surface area contributed by atoms with Gasteiger partial charge in [0.15, 0.2) is 0 Å². The Hall–Kier alpha value is -2.27. The molecule has 0 aromatic heterocycles. The molecule has 0 N–H and O–H groups in total. The molecule has 0 radical (unpaired) electrons. The lowest BCUT2D eigenvalue weighted by atomic mass is 10.1. The fourth-order valence-electron chi connectivity index (χ4n) is 3.67. The highest BCUT2D eigenvalue weighted by Crippen LogP contribution is 2.42. The van der Waals surface area contributed by atoms with E-state index in [9.17, 15) is 0 Å². The van der Waals surface area contributed by atoms with Gasteiger partial charge in [-0.2, -0.15) is 0 Å². The molecular weight excluding hydrogens is 443 g/mol. The Morgan fingerprint density at radius 1 is 0.741 bits per heavy atom. The van der Waals surface area contributed by atoms with Gasteiger partial charge in [-0.15, -0.1) is 0 Å². The molecule has 3 aromatic carbocycles. The summed E-state index contributed by atoms with van der Waals surface area (Å²) >= 11 is 0. The van der Waals surface area contributed by atoms with Gasteiger partial charge in [0.2, 0.25) is 0 Å². The van der Waals surface area contributed by atoms with Crippen molar-refractivity contribution in [3.8, 4) is 0 Å². The van der Waals surface area contributed by atoms with E-state index in [4.69, 9.17) is 0 Å². The standard InChI is InChI=1S/C24H24N2.HI/c1-2-18-25-23(20-12-6-3-7-13-20)19-26(22-16-10-5-11-17-22)24(25)21-14-8-4-9-15-21;/h3-17,19,24H,2,18H2,1H3;1H/p-1. The Morgan fingerprint density at radius 3 is 1.89 bits per heavy atom. The highest BCUT2D eigenvalue weighted by atomic mass is 127. The maximum Gasteiger partial charge on any atom is 0.132 e. The third-order valence-corrected chi connectivity index (χ3v) is 4.82. The van der Waals surface area contributed by atoms with Gasteiger partial charge in [0, 0.05) is 18.4 Å². The van der Waals surface area contributed by atoms with Crippen LogP contribution in [-0.4, -0.2) is 11.4 Å². The van der Waals surface area contributed by atoms with E-state index < -0.39 is 0 Å². The average molecular weight is 467 g/mol. The second-order valence-electron chi connectivity index (χ2n) is 6.60. The summed E-state index contributed by atoms with van der Waals surface area (Å²) in [6.45, 7) is 3.26. The molecule has 2 nitrogen and oxygen atoms in total. The quantitative estimate of drug-likeness (QED) is 0.533. The van der Waals surface area contributed by atoms with Gasteiger partial charge >= 0.3 is 0 Å². The molecule has 0 amide bonds. The third kappa shape index (κ3) is 4.03. The molecule has 0 aliphatic carbocycles. The van der Waals surface area contributed by atoms with Crippen LogP contribution in [0.2, 0.25) is 0 Å². The fraction of sp³-hybridized carbons (Fsp3) is 0.167. The Kier molecular flexibility index (Phi) is 6.56. The molecule has 0 bridgehead atoms. The molecular formula is C24H24IN2-. The number of nitrogens with zero attached hydrogens (tertiary/aromatic N) is 2. The third-order valence-electron chi connectivity index (χ3n) is 4.82. The average Bonchev–Trinajstić information content (AvgIpc) is 3.10. The van der Waals surface area contributed by atoms with Crippen molar-refractivity contribution in [1.82, 2.24) is 4.90 Å². The number of halogens is 1. The number of hydrogen-bond acceptors (Lipinski definition) is 2. The first kappa shape index (κ1) is 19.5. The maximum absolute atomic E-state index is 2.53. The molecule has 0 saturated carbocycles. The van der Waals surface area contributed by atoms with Crippen molar-refractivity contribution < 1.29 is 24.0 Å². The first-order valence-corrected chi connectivity index (χ1v) is 9.30. The van der Waals surface area contributed by atoms with E-state index in [1.807, 2.05) is 0 Å². The van der Waals surface area contributed by atoms with Gasteiger partial charge in [0.05, 0.1) is 5.70 Å². The second kappa shape index (κ2) is 9.09. The van der Waals surface area contributed by atoms with E-state index in [2.05, 4.69) is 114 Å². The zero-order valence-electron chi connectivity index (χ0n) is 15.5. The summed E-state index contributed by atoms with van der Waals surface area (Å²) in [7, 11) is 0. The Balaban J connectivity index is 0.00000210. The summed E-state index contributed by atoms with van der Waals surface area (Å²) in [6.07, 6.45) is 3.59. The molecule has 1 heterocycles. The Morgan fingerprint density at radius 2 is 1.30 bits per heavy atom. The van der Waals surface area contributed by atoms with Gasteiger partial charge in [-0.05, 0) is 29.7 Å². The molecule has 0 saturated heterocycles. The summed E-state index contributed by atoms with van der Waals surface area (Å²) in [4.78, 5) is 4.92. The Labute approximate surface area is 179 Å². The van der Waals surface area contributed by atoms with Crippen LogP contribution < -0.4 is 28.9 Å². The number of rotatable bonds is 5. The van der Waals surface area contributed by atoms with Crippen LogP contribution in [0.15, 0.2) is 97.2 Å². The van der Waals surface area contributed by atoms with Crippen LogP contribution in [0.1, 0.15) is 30.6 Å². The maximum atomic E-state index is 2.53. The normalized spacial score (nSPS) is 16.0. The smallest absolute Gasteiger partial charge is 0.132 e. The van der Waals surface area contributed by atoms with Gasteiger partial charge in [0.25, 0.3) is 0 Å². The molecule has 1 unspecified atom stereocenters. The van der Waals surface area contributed by atoms with Crippen LogP contribution in [0.4, 0.5) is 5.69 Å². The minimum absolute atomic E-state index is 0. The van der Waals surface area contributed by atoms with Gasteiger partial charge < -0.3 is 33.8 Å². The second-order valence-corrected chi connectivity index (χ2v) is 6.60. The highest BCUT2D eigenvalue weighted by Gasteiger charge is 2.34. The molecule has 3 heteroatoms. The van der Waals surface area contributed by atoms with Crippen molar-refractivity contribution in [1.29, 1.82) is 0 Å². The van der Waals surface area contributed by atoms with E-state index in [1.54, 1.807) is 0 Å². The van der Waals surface area contributed by atoms with Crippen LogP contribution >= 0.6 is 0 Å². The lowest BCUT2D eigenvalue weighted by molar-refractivity contribution is -0.00000513. The SMILES string of the molecule is CCCN1C(c2ccccc2)=CN(c2ccccc2)C1c1ccccc1.[I-]. The van der Waals surface area contributed by atoms with Crippen LogP contribution in [0.25, 0.3) is 5.70 Å². The molecule has 27 heavy (non-hydrogen) atoms. The molecule has 3 aromatic rings. The van der Waals surface area contributed by atoms with E-state index in [0.29, 0.717) is 0 Å². The summed E-state index contributed by atoms with van der Waals surface area (Å²) in [5, 5.41) is 0. The van der Waals surface area contributed by atoms with Crippen LogP contribution in [0.5, 0.6) is 0 Å². The summed E-state index contributed by atoms with van der Waals surface area (Å²) in [5.41, 5.74) is 5.07. The molecule has 4 rings (SSSR count). The van der Waals surface area contributed by atoms with Crippen molar-refractivity contribution >= 4 is 11.4 Å². The lowest BCUT2D eigenvalue weighted by Gasteiger charge is -2.34. The minimum atomic E-state index is 0. The van der Waals surface area contributed by atoms with Crippen LogP contribution in [0, 0.1) is 0 Å². The van der Waals surface area contributed by atoms with Gasteiger partial charge in [-0.3, -0.25) is 0 Å². The first-order chi connectivity index (χ1) is 12.9. The summed E-state index contributed by atoms with van der Waals surface area (Å²) in [5.74, 6) is 0. The summed E-state index contributed by atoms with van der Waals surface area (Å²) < 4.78 is 0. The monoisotopic (exact) mass is 467 g/mol. The lowest BCUT2D eigenvalue weighted by Crippen LogP contribution is -3.00. The van der Waals surface area contributed by atoms with E-state index >= 15 is 0 Å². The van der Waals surface area contributed by atoms with Crippen molar-refractivity contribution in [2.24, 2.45) is 0 Å². The number of hydrogen-bond donors (Lipinski definition) is 0. The minimum Gasteiger partial charge on any atom is -1.00 e. The van der Waals surface area contributed by atoms with Crippen molar-refractivity contribution in [2.75, 3.05) is 11.4 Å². The molecule has 1 aliphatic heterocycles. The predicted molar refractivity (Wildman–Crippen MR) is 110 cm³/mol. The van der Waals surface area contributed by atoms with Gasteiger partial charge in [0.1, 0.15) is 6.17 Å². The van der Waals surface area contributed by atoms with E-state index in [-0.39, 0.29) is 30.1 Å². The van der Waals surface area contributed by atoms with E-state index in [0.717, 1.165) is 13.0 Å². The van der Waals surface area contributed by atoms with Crippen molar-refractivity contribution in [3.05, 3.63) is 108 Å². The van der Waals surface area contributed by atoms with Gasteiger partial charge in [-0.25, -0.2) is 0 Å². The number of para-hydroxylation sites is 1. The zero-order valence-corrected chi connectivity index (χ0v) is 17.7. The largest absolute Gasteiger partial charge is 1.00 e. The number of benzene rings is 3. The molecule has 1 aliphatic rings. The molecule has 1 atom stereocenters. The number of anilines is 1. The molecule has 0 spiro atoms. The fourth-order valence-corrected chi connectivity index (χ4v) is 3.67. The molecule has 0 fully saturated rings. The molecule has 138 valence electrons. The van der Waals surface area contributed by atoms with Crippen LogP contribution in [-0.2, 0) is 0 Å². The predicted octanol–water partition coefficient (Wildman–Crippen LogP) is 2.92. The van der Waals surface area contributed by atoms with Gasteiger partial charge in [-0.1, -0.05) is 85.8 Å².